The van der Waals surface area contributed by atoms with E-state index in [9.17, 15) is 9.50 Å². The molecule has 0 heterocycles. The Hall–Kier alpha value is -0.810. The summed E-state index contributed by atoms with van der Waals surface area (Å²) < 4.78 is 13.5. The molecule has 0 radical (unpaired) electrons. The van der Waals surface area contributed by atoms with Crippen molar-refractivity contribution in [3.05, 3.63) is 22.4 Å². The zero-order valence-electron chi connectivity index (χ0n) is 9.51. The van der Waals surface area contributed by atoms with E-state index in [2.05, 4.69) is 21.2 Å². The highest BCUT2D eigenvalue weighted by Crippen LogP contribution is 2.29. The third kappa shape index (κ3) is 2.86. The van der Waals surface area contributed by atoms with Crippen LogP contribution < -0.4 is 11.1 Å². The molecule has 1 aromatic rings. The number of benzene rings is 1. The average Bonchev–Trinajstić information content (AvgIpc) is 2.13. The molecule has 1 rings (SSSR count). The fourth-order valence-electron chi connectivity index (χ4n) is 1.12. The smallest absolute Gasteiger partial charge is 0.139 e. The maximum absolute atomic E-state index is 13.1. The molecule has 4 N–H and O–H groups in total. The van der Waals surface area contributed by atoms with Crippen LogP contribution in [0.25, 0.3) is 0 Å². The lowest BCUT2D eigenvalue weighted by Gasteiger charge is -2.31. The van der Waals surface area contributed by atoms with E-state index in [1.54, 1.807) is 13.0 Å². The van der Waals surface area contributed by atoms with Crippen molar-refractivity contribution in [3.63, 3.8) is 0 Å². The molecule has 16 heavy (non-hydrogen) atoms. The van der Waals surface area contributed by atoms with Crippen molar-refractivity contribution in [1.82, 2.24) is 0 Å². The number of nitrogens with one attached hydrogen (secondary N) is 1. The number of anilines is 2. The minimum atomic E-state index is -0.560. The molecule has 0 fully saturated rings. The zero-order chi connectivity index (χ0) is 12.5. The van der Waals surface area contributed by atoms with Crippen molar-refractivity contribution in [1.29, 1.82) is 0 Å². The van der Waals surface area contributed by atoms with Gasteiger partial charge in [0.25, 0.3) is 0 Å². The highest BCUT2D eigenvalue weighted by Gasteiger charge is 2.24. The second kappa shape index (κ2) is 4.59. The topological polar surface area (TPSA) is 58.3 Å². The molecule has 90 valence electrons. The molecule has 0 aliphatic carbocycles. The van der Waals surface area contributed by atoms with Gasteiger partial charge in [-0.2, -0.15) is 0 Å². The van der Waals surface area contributed by atoms with Gasteiger partial charge in [-0.1, -0.05) is 0 Å². The van der Waals surface area contributed by atoms with E-state index >= 15 is 0 Å². The minimum absolute atomic E-state index is 0.314. The van der Waals surface area contributed by atoms with Crippen LogP contribution in [-0.4, -0.2) is 16.7 Å². The van der Waals surface area contributed by atoms with Gasteiger partial charge in [0.05, 0.1) is 27.5 Å². The van der Waals surface area contributed by atoms with E-state index in [0.717, 1.165) is 0 Å². The number of aliphatic hydroxyl groups excluding tert-OH is 1. The van der Waals surface area contributed by atoms with Crippen molar-refractivity contribution in [2.24, 2.45) is 0 Å². The Balaban J connectivity index is 3.02. The maximum Gasteiger partial charge on any atom is 0.139 e. The van der Waals surface area contributed by atoms with Gasteiger partial charge in [-0.3, -0.25) is 0 Å². The number of hydrogen-bond donors (Lipinski definition) is 3. The molecule has 3 nitrogen and oxygen atoms in total. The van der Waals surface area contributed by atoms with Crippen LogP contribution in [0.1, 0.15) is 20.8 Å². The summed E-state index contributed by atoms with van der Waals surface area (Å²) in [7, 11) is 0. The fraction of sp³-hybridized carbons (Fsp3) is 0.455. The Bertz CT molecular complexity index is 394. The summed E-state index contributed by atoms with van der Waals surface area (Å²) in [5.74, 6) is -0.405. The second-order valence-corrected chi connectivity index (χ2v) is 5.23. The first-order chi connectivity index (χ1) is 7.24. The van der Waals surface area contributed by atoms with Crippen LogP contribution in [0.2, 0.25) is 0 Å². The Morgan fingerprint density at radius 1 is 1.50 bits per heavy atom. The number of hydrogen-bond acceptors (Lipinski definition) is 3. The quantitative estimate of drug-likeness (QED) is 0.750. The Labute approximate surface area is 103 Å². The molecule has 0 aliphatic rings. The largest absolute Gasteiger partial charge is 0.397 e. The molecule has 1 unspecified atom stereocenters. The molecular weight excluding hydrogens is 275 g/mol. The molecule has 5 heteroatoms. The van der Waals surface area contributed by atoms with Crippen LogP contribution in [-0.2, 0) is 0 Å². The lowest BCUT2D eigenvalue weighted by atomic mass is 9.98. The fourth-order valence-corrected chi connectivity index (χ4v) is 1.47. The van der Waals surface area contributed by atoms with Gasteiger partial charge in [0, 0.05) is 6.07 Å². The van der Waals surface area contributed by atoms with Crippen molar-refractivity contribution in [2.75, 3.05) is 11.1 Å². The van der Waals surface area contributed by atoms with Gasteiger partial charge in [-0.05, 0) is 42.8 Å². The predicted octanol–water partition coefficient (Wildman–Crippen LogP) is 2.74. The molecule has 0 aromatic heterocycles. The number of aliphatic hydroxyl groups is 1. The summed E-state index contributed by atoms with van der Waals surface area (Å²) in [6, 6.07) is 2.80. The van der Waals surface area contributed by atoms with Gasteiger partial charge in [-0.25, -0.2) is 4.39 Å². The highest BCUT2D eigenvalue weighted by molar-refractivity contribution is 9.10. The second-order valence-electron chi connectivity index (χ2n) is 4.38. The van der Waals surface area contributed by atoms with Crippen LogP contribution in [0, 0.1) is 5.82 Å². The summed E-state index contributed by atoms with van der Waals surface area (Å²) in [5.41, 5.74) is 6.07. The Kier molecular flexibility index (Phi) is 3.80. The van der Waals surface area contributed by atoms with E-state index in [1.165, 1.54) is 6.07 Å². The number of halogens is 2. The first-order valence-electron chi connectivity index (χ1n) is 4.95. The number of rotatable bonds is 3. The van der Waals surface area contributed by atoms with Gasteiger partial charge >= 0.3 is 0 Å². The summed E-state index contributed by atoms with van der Waals surface area (Å²) in [6.07, 6.45) is -0.560. The molecule has 1 aromatic carbocycles. The van der Waals surface area contributed by atoms with Crippen LogP contribution in [0.5, 0.6) is 0 Å². The first kappa shape index (κ1) is 13.3. The zero-order valence-corrected chi connectivity index (χ0v) is 11.1. The van der Waals surface area contributed by atoms with Gasteiger partial charge in [0.2, 0.25) is 0 Å². The number of nitrogen functional groups attached to an aromatic ring is 1. The minimum Gasteiger partial charge on any atom is -0.397 e. The molecule has 0 saturated heterocycles. The first-order valence-corrected chi connectivity index (χ1v) is 5.74. The Morgan fingerprint density at radius 3 is 2.56 bits per heavy atom. The lowest BCUT2D eigenvalue weighted by Crippen LogP contribution is -2.42. The molecule has 0 amide bonds. The molecular formula is C11H16BrFN2O. The third-order valence-corrected chi connectivity index (χ3v) is 3.20. The highest BCUT2D eigenvalue weighted by atomic mass is 79.9. The molecule has 1 atom stereocenters. The van der Waals surface area contributed by atoms with Crippen LogP contribution in [0.3, 0.4) is 0 Å². The van der Waals surface area contributed by atoms with Crippen molar-refractivity contribution < 1.29 is 9.50 Å². The molecule has 0 bridgehead atoms. The van der Waals surface area contributed by atoms with E-state index in [0.29, 0.717) is 15.8 Å². The van der Waals surface area contributed by atoms with E-state index in [4.69, 9.17) is 5.73 Å². The molecule has 0 spiro atoms. The van der Waals surface area contributed by atoms with E-state index in [1.807, 2.05) is 13.8 Å². The van der Waals surface area contributed by atoms with Crippen molar-refractivity contribution >= 4 is 27.3 Å². The maximum atomic E-state index is 13.1. The molecule has 0 aliphatic heterocycles. The predicted molar refractivity (Wildman–Crippen MR) is 67.9 cm³/mol. The lowest BCUT2D eigenvalue weighted by molar-refractivity contribution is 0.133. The van der Waals surface area contributed by atoms with Crippen LogP contribution in [0.15, 0.2) is 16.6 Å². The molecule has 0 saturated carbocycles. The van der Waals surface area contributed by atoms with Gasteiger partial charge in [0.15, 0.2) is 0 Å². The summed E-state index contributed by atoms with van der Waals surface area (Å²) >= 11 is 3.09. The number of nitrogens with two attached hydrogens (primary N) is 1. The SMILES string of the molecule is CC(O)C(C)(C)Nc1cc(Br)c(F)cc1N. The van der Waals surface area contributed by atoms with E-state index in [-0.39, 0.29) is 0 Å². The van der Waals surface area contributed by atoms with Gasteiger partial charge in [0.1, 0.15) is 5.82 Å². The van der Waals surface area contributed by atoms with E-state index < -0.39 is 17.5 Å². The normalized spacial score (nSPS) is 13.6. The van der Waals surface area contributed by atoms with Crippen LogP contribution >= 0.6 is 15.9 Å². The average molecular weight is 291 g/mol. The monoisotopic (exact) mass is 290 g/mol. The van der Waals surface area contributed by atoms with Gasteiger partial charge < -0.3 is 16.2 Å². The van der Waals surface area contributed by atoms with Crippen molar-refractivity contribution in [3.8, 4) is 0 Å². The summed E-state index contributed by atoms with van der Waals surface area (Å²) in [6.45, 7) is 5.37. The third-order valence-electron chi connectivity index (χ3n) is 2.59. The summed E-state index contributed by atoms with van der Waals surface area (Å²) in [5, 5.41) is 12.6. The summed E-state index contributed by atoms with van der Waals surface area (Å²) in [4.78, 5) is 0. The van der Waals surface area contributed by atoms with Crippen LogP contribution in [0.4, 0.5) is 15.8 Å². The van der Waals surface area contributed by atoms with Crippen molar-refractivity contribution in [2.45, 2.75) is 32.4 Å². The van der Waals surface area contributed by atoms with Gasteiger partial charge in [-0.15, -0.1) is 0 Å². The standard InChI is InChI=1S/C11H16BrFN2O/c1-6(16)11(2,3)15-10-4-7(12)8(13)5-9(10)14/h4-6,15-16H,14H2,1-3H3. The Morgan fingerprint density at radius 2 is 2.06 bits per heavy atom.